The minimum atomic E-state index is -0.0965. The molecule has 84 valence electrons. The minimum absolute atomic E-state index is 0.0965. The highest BCUT2D eigenvalue weighted by Gasteiger charge is 2.21. The molecule has 0 aliphatic carbocycles. The SMILES string of the molecule is O=C1NC(=S)/C(=C/c2csc3ccccc23)S1. The van der Waals surface area contributed by atoms with E-state index in [2.05, 4.69) is 22.8 Å². The lowest BCUT2D eigenvalue weighted by atomic mass is 10.1. The summed E-state index contributed by atoms with van der Waals surface area (Å²) in [5.41, 5.74) is 1.12. The molecule has 0 unspecified atom stereocenters. The Hall–Kier alpha value is -1.17. The molecule has 3 rings (SSSR count). The summed E-state index contributed by atoms with van der Waals surface area (Å²) < 4.78 is 1.24. The first-order chi connectivity index (χ1) is 8.24. The van der Waals surface area contributed by atoms with Crippen molar-refractivity contribution in [2.24, 2.45) is 0 Å². The first-order valence-electron chi connectivity index (χ1n) is 4.95. The van der Waals surface area contributed by atoms with E-state index >= 15 is 0 Å². The monoisotopic (exact) mass is 277 g/mol. The van der Waals surface area contributed by atoms with E-state index in [1.165, 1.54) is 10.1 Å². The first-order valence-corrected chi connectivity index (χ1v) is 7.05. The van der Waals surface area contributed by atoms with Crippen LogP contribution in [-0.2, 0) is 0 Å². The molecule has 1 fully saturated rings. The van der Waals surface area contributed by atoms with Gasteiger partial charge in [0, 0.05) is 4.70 Å². The number of nitrogens with one attached hydrogen (secondary N) is 1. The molecule has 1 saturated heterocycles. The van der Waals surface area contributed by atoms with Crippen LogP contribution in [0.25, 0.3) is 16.2 Å². The molecule has 0 bridgehead atoms. The third kappa shape index (κ3) is 2.01. The van der Waals surface area contributed by atoms with Gasteiger partial charge in [0.1, 0.15) is 4.99 Å². The molecule has 2 heterocycles. The molecular weight excluding hydrogens is 270 g/mol. The number of hydrogen-bond acceptors (Lipinski definition) is 4. The van der Waals surface area contributed by atoms with Crippen molar-refractivity contribution >= 4 is 61.7 Å². The Balaban J connectivity index is 2.08. The summed E-state index contributed by atoms with van der Waals surface area (Å²) in [6.07, 6.45) is 1.98. The molecule has 1 aliphatic heterocycles. The van der Waals surface area contributed by atoms with E-state index in [1.54, 1.807) is 11.3 Å². The summed E-state index contributed by atoms with van der Waals surface area (Å²) in [7, 11) is 0. The molecular formula is C12H7NOS3. The second-order valence-corrected chi connectivity index (χ2v) is 5.87. The minimum Gasteiger partial charge on any atom is -0.307 e. The Morgan fingerprint density at radius 3 is 2.88 bits per heavy atom. The molecule has 1 amide bonds. The van der Waals surface area contributed by atoms with Crippen LogP contribution in [0.2, 0.25) is 0 Å². The lowest BCUT2D eigenvalue weighted by Gasteiger charge is -1.94. The largest absolute Gasteiger partial charge is 0.307 e. The van der Waals surface area contributed by atoms with Gasteiger partial charge in [0.05, 0.1) is 4.91 Å². The summed E-state index contributed by atoms with van der Waals surface area (Å²) in [4.78, 5) is 12.5. The molecule has 17 heavy (non-hydrogen) atoms. The van der Waals surface area contributed by atoms with Crippen LogP contribution in [-0.4, -0.2) is 10.2 Å². The number of benzene rings is 1. The number of carbonyl (C=O) groups is 1. The Bertz CT molecular complexity index is 657. The van der Waals surface area contributed by atoms with Gasteiger partial charge in [-0.1, -0.05) is 30.4 Å². The van der Waals surface area contributed by atoms with Crippen LogP contribution in [0.3, 0.4) is 0 Å². The maximum atomic E-state index is 11.2. The molecule has 0 spiro atoms. The van der Waals surface area contributed by atoms with Gasteiger partial charge in [-0.2, -0.15) is 0 Å². The fourth-order valence-corrected chi connectivity index (χ4v) is 3.62. The predicted molar refractivity (Wildman–Crippen MR) is 78.5 cm³/mol. The van der Waals surface area contributed by atoms with Gasteiger partial charge in [0.25, 0.3) is 5.24 Å². The molecule has 0 atom stereocenters. The smallest absolute Gasteiger partial charge is 0.289 e. The Labute approximate surface area is 112 Å². The van der Waals surface area contributed by atoms with Crippen LogP contribution in [0.15, 0.2) is 34.6 Å². The average Bonchev–Trinajstić information content (AvgIpc) is 2.85. The topological polar surface area (TPSA) is 29.1 Å². The van der Waals surface area contributed by atoms with Gasteiger partial charge in [-0.15, -0.1) is 11.3 Å². The second kappa shape index (κ2) is 4.25. The van der Waals surface area contributed by atoms with Crippen molar-refractivity contribution in [2.75, 3.05) is 0 Å². The van der Waals surface area contributed by atoms with Crippen molar-refractivity contribution in [1.82, 2.24) is 5.32 Å². The number of thiocarbonyl (C=S) groups is 1. The number of rotatable bonds is 1. The number of amides is 1. The Morgan fingerprint density at radius 2 is 2.12 bits per heavy atom. The van der Waals surface area contributed by atoms with Crippen LogP contribution < -0.4 is 5.32 Å². The number of fused-ring (bicyclic) bond motifs is 1. The van der Waals surface area contributed by atoms with E-state index in [1.807, 2.05) is 18.2 Å². The van der Waals surface area contributed by atoms with Crippen molar-refractivity contribution < 1.29 is 4.79 Å². The van der Waals surface area contributed by atoms with Gasteiger partial charge < -0.3 is 5.32 Å². The fourth-order valence-electron chi connectivity index (χ4n) is 1.67. The Kier molecular flexibility index (Phi) is 2.74. The van der Waals surface area contributed by atoms with E-state index in [4.69, 9.17) is 12.2 Å². The molecule has 1 aromatic heterocycles. The van der Waals surface area contributed by atoms with Crippen molar-refractivity contribution in [3.63, 3.8) is 0 Å². The normalized spacial score (nSPS) is 18.0. The van der Waals surface area contributed by atoms with Crippen molar-refractivity contribution in [2.45, 2.75) is 0 Å². The molecule has 2 aromatic rings. The zero-order chi connectivity index (χ0) is 11.8. The second-order valence-electron chi connectivity index (χ2n) is 3.54. The summed E-state index contributed by atoms with van der Waals surface area (Å²) in [6, 6.07) is 8.21. The highest BCUT2D eigenvalue weighted by molar-refractivity contribution is 8.19. The van der Waals surface area contributed by atoms with Gasteiger partial charge in [-0.3, -0.25) is 4.79 Å². The van der Waals surface area contributed by atoms with Crippen LogP contribution in [0.5, 0.6) is 0 Å². The first kappa shape index (κ1) is 11.0. The van der Waals surface area contributed by atoms with E-state index in [0.717, 1.165) is 22.2 Å². The van der Waals surface area contributed by atoms with E-state index < -0.39 is 0 Å². The van der Waals surface area contributed by atoms with Crippen LogP contribution in [0.4, 0.5) is 4.79 Å². The fraction of sp³-hybridized carbons (Fsp3) is 0. The predicted octanol–water partition coefficient (Wildman–Crippen LogP) is 4.03. The summed E-state index contributed by atoms with van der Waals surface area (Å²) in [5.74, 6) is 0. The molecule has 0 radical (unpaired) electrons. The summed E-state index contributed by atoms with van der Waals surface area (Å²) in [6.45, 7) is 0. The number of thioether (sulfide) groups is 1. The average molecular weight is 277 g/mol. The van der Waals surface area contributed by atoms with Gasteiger partial charge in [-0.25, -0.2) is 0 Å². The third-order valence-corrected chi connectivity index (χ3v) is 4.70. The molecule has 1 aromatic carbocycles. The molecule has 0 saturated carbocycles. The van der Waals surface area contributed by atoms with Crippen molar-refractivity contribution in [3.05, 3.63) is 40.1 Å². The zero-order valence-electron chi connectivity index (χ0n) is 8.60. The highest BCUT2D eigenvalue weighted by Crippen LogP contribution is 2.31. The van der Waals surface area contributed by atoms with E-state index in [9.17, 15) is 4.79 Å². The number of thiophene rings is 1. The zero-order valence-corrected chi connectivity index (χ0v) is 11.0. The molecule has 5 heteroatoms. The number of hydrogen-bond donors (Lipinski definition) is 1. The van der Waals surface area contributed by atoms with E-state index in [0.29, 0.717) is 4.99 Å². The highest BCUT2D eigenvalue weighted by atomic mass is 32.2. The maximum absolute atomic E-state index is 11.2. The summed E-state index contributed by atoms with van der Waals surface area (Å²) in [5, 5.41) is 5.81. The van der Waals surface area contributed by atoms with Crippen molar-refractivity contribution in [1.29, 1.82) is 0 Å². The van der Waals surface area contributed by atoms with Gasteiger partial charge >= 0.3 is 0 Å². The van der Waals surface area contributed by atoms with Crippen LogP contribution >= 0.6 is 35.3 Å². The lowest BCUT2D eigenvalue weighted by molar-refractivity contribution is 0.265. The molecule has 1 N–H and O–H groups in total. The van der Waals surface area contributed by atoms with Gasteiger partial charge in [0.15, 0.2) is 0 Å². The van der Waals surface area contributed by atoms with Gasteiger partial charge in [-0.05, 0) is 40.2 Å². The molecule has 2 nitrogen and oxygen atoms in total. The van der Waals surface area contributed by atoms with Crippen LogP contribution in [0, 0.1) is 0 Å². The van der Waals surface area contributed by atoms with E-state index in [-0.39, 0.29) is 5.24 Å². The lowest BCUT2D eigenvalue weighted by Crippen LogP contribution is -2.15. The number of carbonyl (C=O) groups excluding carboxylic acids is 1. The standard InChI is InChI=1S/C12H7NOS3/c14-12-13-11(15)10(17-12)5-7-6-16-9-4-2-1-3-8(7)9/h1-6H,(H,13,14,15)/b10-5-. The van der Waals surface area contributed by atoms with Gasteiger partial charge in [0.2, 0.25) is 0 Å². The van der Waals surface area contributed by atoms with Crippen molar-refractivity contribution in [3.8, 4) is 0 Å². The summed E-state index contributed by atoms with van der Waals surface area (Å²) >= 11 is 7.95. The maximum Gasteiger partial charge on any atom is 0.289 e. The third-order valence-electron chi connectivity index (χ3n) is 2.44. The Morgan fingerprint density at radius 1 is 1.29 bits per heavy atom. The quantitative estimate of drug-likeness (QED) is 0.630. The van der Waals surface area contributed by atoms with Crippen LogP contribution in [0.1, 0.15) is 5.56 Å². The molecule has 1 aliphatic rings.